The maximum Gasteiger partial charge on any atom is 0.319 e. The van der Waals surface area contributed by atoms with Gasteiger partial charge in [0.2, 0.25) is 5.91 Å². The maximum atomic E-state index is 13.4. The van der Waals surface area contributed by atoms with Gasteiger partial charge in [-0.2, -0.15) is 0 Å². The summed E-state index contributed by atoms with van der Waals surface area (Å²) in [6, 6.07) is 23.4. The van der Waals surface area contributed by atoms with Crippen molar-refractivity contribution in [3.63, 3.8) is 0 Å². The van der Waals surface area contributed by atoms with E-state index in [9.17, 15) is 14.4 Å². The minimum Gasteiger partial charge on any atom is -0.482 e. The number of nitrogens with one attached hydrogen (secondary N) is 2. The van der Waals surface area contributed by atoms with Crippen LogP contribution in [-0.4, -0.2) is 58.7 Å². The number of amides is 4. The van der Waals surface area contributed by atoms with E-state index >= 15 is 0 Å². The van der Waals surface area contributed by atoms with Crippen molar-refractivity contribution < 1.29 is 19.1 Å². The summed E-state index contributed by atoms with van der Waals surface area (Å²) in [5.41, 5.74) is 2.87. The molecule has 0 aliphatic carbocycles. The largest absolute Gasteiger partial charge is 0.482 e. The van der Waals surface area contributed by atoms with Crippen LogP contribution in [0.2, 0.25) is 0 Å². The molecule has 0 aliphatic rings. The predicted molar refractivity (Wildman–Crippen MR) is 161 cm³/mol. The smallest absolute Gasteiger partial charge is 0.319 e. The highest BCUT2D eigenvalue weighted by Crippen LogP contribution is 2.29. The van der Waals surface area contributed by atoms with Gasteiger partial charge in [0, 0.05) is 44.7 Å². The van der Waals surface area contributed by atoms with Crippen molar-refractivity contribution in [1.82, 2.24) is 5.32 Å². The molecule has 9 heteroatoms. The zero-order valence-corrected chi connectivity index (χ0v) is 23.9. The van der Waals surface area contributed by atoms with Crippen LogP contribution < -0.4 is 30.1 Å². The summed E-state index contributed by atoms with van der Waals surface area (Å²) in [5.74, 6) is 0.253. The lowest BCUT2D eigenvalue weighted by Gasteiger charge is -2.26. The molecule has 0 unspecified atom stereocenters. The standard InChI is InChI=1S/C31H39N5O4/c1-23(2)18-19-36(29(37)21-32-31(39)33-24-12-11-15-26(20-24)34(3)4)27-16-9-10-17-28(27)40-22-30(38)35(5)25-13-7-6-8-14-25/h6-17,20,23H,18-19,21-22H2,1-5H3,(H2,32,33,39). The summed E-state index contributed by atoms with van der Waals surface area (Å²) in [5, 5.41) is 5.44. The molecule has 0 aromatic heterocycles. The van der Waals surface area contributed by atoms with Crippen LogP contribution in [0.3, 0.4) is 0 Å². The number of rotatable bonds is 12. The average Bonchev–Trinajstić information content (AvgIpc) is 2.95. The van der Waals surface area contributed by atoms with Crippen molar-refractivity contribution in [3.8, 4) is 5.75 Å². The quantitative estimate of drug-likeness (QED) is 0.334. The topological polar surface area (TPSA) is 94.2 Å². The van der Waals surface area contributed by atoms with Crippen molar-refractivity contribution in [3.05, 3.63) is 78.9 Å². The van der Waals surface area contributed by atoms with E-state index < -0.39 is 6.03 Å². The summed E-state index contributed by atoms with van der Waals surface area (Å²) in [6.45, 7) is 4.19. The number of para-hydroxylation sites is 3. The number of carbonyl (C=O) groups excluding carboxylic acids is 3. The Balaban J connectivity index is 1.68. The van der Waals surface area contributed by atoms with Crippen molar-refractivity contribution in [2.24, 2.45) is 5.92 Å². The molecule has 9 nitrogen and oxygen atoms in total. The predicted octanol–water partition coefficient (Wildman–Crippen LogP) is 5.00. The monoisotopic (exact) mass is 545 g/mol. The number of ether oxygens (including phenoxy) is 1. The Hall–Kier alpha value is -4.53. The fourth-order valence-electron chi connectivity index (χ4n) is 3.89. The van der Waals surface area contributed by atoms with E-state index in [1.807, 2.05) is 73.6 Å². The molecule has 0 atom stereocenters. The van der Waals surface area contributed by atoms with E-state index in [-0.39, 0.29) is 25.0 Å². The lowest BCUT2D eigenvalue weighted by atomic mass is 10.1. The molecule has 40 heavy (non-hydrogen) atoms. The molecule has 0 fully saturated rings. The molecule has 0 bridgehead atoms. The number of carbonyl (C=O) groups is 3. The van der Waals surface area contributed by atoms with Gasteiger partial charge >= 0.3 is 6.03 Å². The highest BCUT2D eigenvalue weighted by atomic mass is 16.5. The van der Waals surface area contributed by atoms with E-state index in [4.69, 9.17) is 4.74 Å². The summed E-state index contributed by atoms with van der Waals surface area (Å²) in [7, 11) is 5.53. The summed E-state index contributed by atoms with van der Waals surface area (Å²) in [6.07, 6.45) is 0.749. The molecule has 0 radical (unpaired) electrons. The minimum absolute atomic E-state index is 0.193. The van der Waals surface area contributed by atoms with Crippen molar-refractivity contribution >= 4 is 40.6 Å². The first-order valence-electron chi connectivity index (χ1n) is 13.3. The van der Waals surface area contributed by atoms with E-state index in [1.165, 1.54) is 4.90 Å². The number of hydrogen-bond donors (Lipinski definition) is 2. The molecule has 3 rings (SSSR count). The van der Waals surface area contributed by atoms with Crippen LogP contribution in [0.15, 0.2) is 78.9 Å². The van der Waals surface area contributed by atoms with Crippen LogP contribution in [0.4, 0.5) is 27.5 Å². The summed E-state index contributed by atoms with van der Waals surface area (Å²) < 4.78 is 5.93. The number of urea groups is 1. The molecule has 3 aromatic carbocycles. The molecule has 4 amide bonds. The lowest BCUT2D eigenvalue weighted by Crippen LogP contribution is -2.42. The first-order chi connectivity index (χ1) is 19.2. The highest BCUT2D eigenvalue weighted by Gasteiger charge is 2.21. The Morgan fingerprint density at radius 3 is 2.20 bits per heavy atom. The number of anilines is 4. The van der Waals surface area contributed by atoms with Gasteiger partial charge in [0.25, 0.3) is 5.91 Å². The van der Waals surface area contributed by atoms with Gasteiger partial charge in [0.05, 0.1) is 12.2 Å². The number of likely N-dealkylation sites (N-methyl/N-ethyl adjacent to an activating group) is 1. The van der Waals surface area contributed by atoms with E-state index in [0.29, 0.717) is 29.6 Å². The maximum absolute atomic E-state index is 13.4. The zero-order valence-electron chi connectivity index (χ0n) is 23.9. The van der Waals surface area contributed by atoms with E-state index in [1.54, 1.807) is 36.2 Å². The zero-order chi connectivity index (χ0) is 29.1. The van der Waals surface area contributed by atoms with Gasteiger partial charge in [0.15, 0.2) is 6.61 Å². The molecule has 0 heterocycles. The van der Waals surface area contributed by atoms with Crippen molar-refractivity contribution in [2.75, 3.05) is 60.9 Å². The molecule has 212 valence electrons. The number of benzene rings is 3. The number of hydrogen-bond acceptors (Lipinski definition) is 5. The molecule has 2 N–H and O–H groups in total. The lowest BCUT2D eigenvalue weighted by molar-refractivity contribution is -0.120. The Morgan fingerprint density at radius 2 is 1.50 bits per heavy atom. The van der Waals surface area contributed by atoms with Crippen LogP contribution in [0.1, 0.15) is 20.3 Å². The van der Waals surface area contributed by atoms with Gasteiger partial charge in [0.1, 0.15) is 5.75 Å². The van der Waals surface area contributed by atoms with Gasteiger partial charge < -0.3 is 30.1 Å². The van der Waals surface area contributed by atoms with Gasteiger partial charge in [-0.3, -0.25) is 9.59 Å². The minimum atomic E-state index is -0.479. The average molecular weight is 546 g/mol. The fourth-order valence-corrected chi connectivity index (χ4v) is 3.89. The van der Waals surface area contributed by atoms with Gasteiger partial charge in [-0.05, 0) is 54.8 Å². The van der Waals surface area contributed by atoms with Crippen LogP contribution in [0, 0.1) is 5.92 Å². The van der Waals surface area contributed by atoms with E-state index in [2.05, 4.69) is 24.5 Å². The van der Waals surface area contributed by atoms with Crippen LogP contribution in [0.5, 0.6) is 5.75 Å². The first-order valence-corrected chi connectivity index (χ1v) is 13.3. The Bertz CT molecular complexity index is 1280. The Morgan fingerprint density at radius 1 is 0.825 bits per heavy atom. The second-order valence-corrected chi connectivity index (χ2v) is 10.0. The molecular formula is C31H39N5O4. The third-order valence-electron chi connectivity index (χ3n) is 6.28. The SMILES string of the molecule is CC(C)CCN(C(=O)CNC(=O)Nc1cccc(N(C)C)c1)c1ccccc1OCC(=O)N(C)c1ccccc1. The third kappa shape index (κ3) is 8.76. The van der Waals surface area contributed by atoms with E-state index in [0.717, 1.165) is 17.8 Å². The van der Waals surface area contributed by atoms with Crippen LogP contribution >= 0.6 is 0 Å². The van der Waals surface area contributed by atoms with Gasteiger partial charge in [-0.1, -0.05) is 50.2 Å². The molecule has 0 aliphatic heterocycles. The molecular weight excluding hydrogens is 506 g/mol. The highest BCUT2D eigenvalue weighted by molar-refractivity contribution is 5.99. The fraction of sp³-hybridized carbons (Fsp3) is 0.323. The first kappa shape index (κ1) is 30.0. The van der Waals surface area contributed by atoms with Gasteiger partial charge in [-0.15, -0.1) is 0 Å². The van der Waals surface area contributed by atoms with Crippen molar-refractivity contribution in [1.29, 1.82) is 0 Å². The molecule has 0 spiro atoms. The Labute approximate surface area is 236 Å². The van der Waals surface area contributed by atoms with Crippen molar-refractivity contribution in [2.45, 2.75) is 20.3 Å². The molecule has 0 saturated carbocycles. The second-order valence-electron chi connectivity index (χ2n) is 10.0. The normalized spacial score (nSPS) is 10.6. The number of nitrogens with zero attached hydrogens (tertiary/aromatic N) is 3. The summed E-state index contributed by atoms with van der Waals surface area (Å²) >= 11 is 0. The van der Waals surface area contributed by atoms with Crippen LogP contribution in [-0.2, 0) is 9.59 Å². The van der Waals surface area contributed by atoms with Gasteiger partial charge in [-0.25, -0.2) is 4.79 Å². The Kier molecular flexibility index (Phi) is 10.9. The third-order valence-corrected chi connectivity index (χ3v) is 6.28. The molecule has 3 aromatic rings. The molecule has 0 saturated heterocycles. The second kappa shape index (κ2) is 14.6. The van der Waals surface area contributed by atoms with Crippen LogP contribution in [0.25, 0.3) is 0 Å². The summed E-state index contributed by atoms with van der Waals surface area (Å²) in [4.78, 5) is 43.8.